The fraction of sp³-hybridized carbons (Fsp3) is 0.571. The van der Waals surface area contributed by atoms with Gasteiger partial charge in [0.2, 0.25) is 0 Å². The van der Waals surface area contributed by atoms with Gasteiger partial charge < -0.3 is 10.2 Å². The summed E-state index contributed by atoms with van der Waals surface area (Å²) in [6.45, 7) is 7.04. The van der Waals surface area contributed by atoms with Crippen LogP contribution in [0.5, 0.6) is 0 Å². The monoisotopic (exact) mass is 344 g/mol. The summed E-state index contributed by atoms with van der Waals surface area (Å²) in [5.41, 5.74) is 2.58. The van der Waals surface area contributed by atoms with Crippen LogP contribution in [0, 0.1) is 0 Å². The van der Waals surface area contributed by atoms with E-state index in [2.05, 4.69) is 58.2 Å². The quantitative estimate of drug-likeness (QED) is 0.911. The molecule has 1 heterocycles. The number of benzene rings is 1. The predicted molar refractivity (Wildman–Crippen MR) is 86.3 cm³/mol. The van der Waals surface area contributed by atoms with E-state index in [1.165, 1.54) is 11.3 Å². The third-order valence-electron chi connectivity index (χ3n) is 3.49. The van der Waals surface area contributed by atoms with Gasteiger partial charge in [-0.1, -0.05) is 28.9 Å². The molecule has 1 fully saturated rings. The lowest BCUT2D eigenvalue weighted by atomic mass is 10.0. The lowest BCUT2D eigenvalue weighted by Gasteiger charge is -2.32. The van der Waals surface area contributed by atoms with E-state index in [0.29, 0.717) is 6.04 Å². The van der Waals surface area contributed by atoms with Gasteiger partial charge in [-0.3, -0.25) is 4.21 Å². The number of nitrogens with one attached hydrogen (secondary N) is 1. The zero-order valence-corrected chi connectivity index (χ0v) is 13.9. The van der Waals surface area contributed by atoms with Crippen LogP contribution in [0.4, 0.5) is 5.69 Å². The molecule has 19 heavy (non-hydrogen) atoms. The van der Waals surface area contributed by atoms with Gasteiger partial charge in [0.05, 0.1) is 0 Å². The van der Waals surface area contributed by atoms with Gasteiger partial charge in [0.25, 0.3) is 0 Å². The molecule has 0 radical (unpaired) electrons. The van der Waals surface area contributed by atoms with E-state index in [-0.39, 0.29) is 0 Å². The van der Waals surface area contributed by atoms with Crippen LogP contribution in [-0.2, 0) is 10.8 Å². The summed E-state index contributed by atoms with van der Waals surface area (Å²) < 4.78 is 12.6. The number of halogens is 1. The molecule has 1 aromatic rings. The second-order valence-electron chi connectivity index (χ2n) is 4.82. The van der Waals surface area contributed by atoms with E-state index < -0.39 is 10.8 Å². The molecular formula is C14H21BrN2OS. The summed E-state index contributed by atoms with van der Waals surface area (Å²) in [6, 6.07) is 6.78. The summed E-state index contributed by atoms with van der Waals surface area (Å²) in [6.07, 6.45) is 0. The van der Waals surface area contributed by atoms with Gasteiger partial charge in [0.15, 0.2) is 0 Å². The van der Waals surface area contributed by atoms with Crippen molar-refractivity contribution >= 4 is 32.4 Å². The summed E-state index contributed by atoms with van der Waals surface area (Å²) in [5, 5.41) is 3.47. The normalized spacial score (nSPS) is 18.6. The van der Waals surface area contributed by atoms with Crippen LogP contribution in [0.1, 0.15) is 25.5 Å². The van der Waals surface area contributed by atoms with E-state index >= 15 is 0 Å². The first-order chi connectivity index (χ1) is 9.11. The lowest BCUT2D eigenvalue weighted by molar-refractivity contribution is 0.595. The molecule has 1 aliphatic rings. The molecule has 0 aromatic heterocycles. The van der Waals surface area contributed by atoms with Crippen LogP contribution >= 0.6 is 15.9 Å². The molecule has 0 amide bonds. The molecule has 1 atom stereocenters. The molecule has 1 saturated heterocycles. The SMILES string of the molecule is CCNC(C)c1ccc(Br)cc1N1CCS(=O)CC1. The molecule has 5 heteroatoms. The molecule has 1 aliphatic heterocycles. The molecule has 1 unspecified atom stereocenters. The highest BCUT2D eigenvalue weighted by molar-refractivity contribution is 9.10. The predicted octanol–water partition coefficient (Wildman–Crippen LogP) is 2.69. The summed E-state index contributed by atoms with van der Waals surface area (Å²) in [4.78, 5) is 2.36. The smallest absolute Gasteiger partial charge is 0.0426 e. The number of rotatable bonds is 4. The Morgan fingerprint density at radius 2 is 2.11 bits per heavy atom. The Balaban J connectivity index is 2.26. The maximum Gasteiger partial charge on any atom is 0.0426 e. The van der Waals surface area contributed by atoms with Crippen molar-refractivity contribution in [3.8, 4) is 0 Å². The second-order valence-corrected chi connectivity index (χ2v) is 7.43. The highest BCUT2D eigenvalue weighted by atomic mass is 79.9. The number of hydrogen-bond acceptors (Lipinski definition) is 3. The average molecular weight is 345 g/mol. The first-order valence-electron chi connectivity index (χ1n) is 6.74. The van der Waals surface area contributed by atoms with E-state index in [0.717, 1.165) is 35.6 Å². The lowest BCUT2D eigenvalue weighted by Crippen LogP contribution is -2.38. The van der Waals surface area contributed by atoms with Crippen molar-refractivity contribution < 1.29 is 4.21 Å². The summed E-state index contributed by atoms with van der Waals surface area (Å²) in [7, 11) is -0.630. The Bertz CT molecular complexity index is 457. The van der Waals surface area contributed by atoms with Crippen molar-refractivity contribution in [2.75, 3.05) is 36.0 Å². The van der Waals surface area contributed by atoms with Gasteiger partial charge >= 0.3 is 0 Å². The standard InChI is InChI=1S/C14H21BrN2OS/c1-3-16-11(2)13-5-4-12(15)10-14(13)17-6-8-19(18)9-7-17/h4-5,10-11,16H,3,6-9H2,1-2H3. The molecule has 0 bridgehead atoms. The number of anilines is 1. The van der Waals surface area contributed by atoms with Crippen LogP contribution in [0.25, 0.3) is 0 Å². The van der Waals surface area contributed by atoms with E-state index in [9.17, 15) is 4.21 Å². The van der Waals surface area contributed by atoms with Crippen molar-refractivity contribution in [1.82, 2.24) is 5.32 Å². The summed E-state index contributed by atoms with van der Waals surface area (Å²) in [5.74, 6) is 1.56. The first-order valence-corrected chi connectivity index (χ1v) is 9.02. The second kappa shape index (κ2) is 6.86. The maximum atomic E-state index is 11.5. The van der Waals surface area contributed by atoms with Gasteiger partial charge in [0, 0.05) is 51.6 Å². The Morgan fingerprint density at radius 3 is 2.74 bits per heavy atom. The van der Waals surface area contributed by atoms with Gasteiger partial charge in [0.1, 0.15) is 0 Å². The first kappa shape index (κ1) is 15.0. The fourth-order valence-electron chi connectivity index (χ4n) is 2.45. The van der Waals surface area contributed by atoms with Crippen molar-refractivity contribution in [3.05, 3.63) is 28.2 Å². The third-order valence-corrected chi connectivity index (χ3v) is 5.26. The fourth-order valence-corrected chi connectivity index (χ4v) is 3.85. The minimum absolute atomic E-state index is 0.334. The Kier molecular flexibility index (Phi) is 5.42. The van der Waals surface area contributed by atoms with Crippen molar-refractivity contribution in [2.24, 2.45) is 0 Å². The van der Waals surface area contributed by atoms with E-state index in [4.69, 9.17) is 0 Å². The highest BCUT2D eigenvalue weighted by Gasteiger charge is 2.20. The zero-order valence-electron chi connectivity index (χ0n) is 11.5. The van der Waals surface area contributed by atoms with Crippen LogP contribution in [0.3, 0.4) is 0 Å². The van der Waals surface area contributed by atoms with Crippen LogP contribution in [0.2, 0.25) is 0 Å². The minimum Gasteiger partial charge on any atom is -0.369 e. The molecule has 0 aliphatic carbocycles. The van der Waals surface area contributed by atoms with Crippen LogP contribution < -0.4 is 10.2 Å². The molecule has 1 N–H and O–H groups in total. The van der Waals surface area contributed by atoms with Gasteiger partial charge in [-0.05, 0) is 31.2 Å². The van der Waals surface area contributed by atoms with Gasteiger partial charge in [-0.2, -0.15) is 0 Å². The largest absolute Gasteiger partial charge is 0.369 e. The molecule has 0 spiro atoms. The Morgan fingerprint density at radius 1 is 1.42 bits per heavy atom. The van der Waals surface area contributed by atoms with Crippen LogP contribution in [-0.4, -0.2) is 35.3 Å². The van der Waals surface area contributed by atoms with Crippen molar-refractivity contribution in [3.63, 3.8) is 0 Å². The molecule has 106 valence electrons. The third kappa shape index (κ3) is 3.80. The van der Waals surface area contributed by atoms with Gasteiger partial charge in [-0.15, -0.1) is 0 Å². The van der Waals surface area contributed by atoms with Crippen LogP contribution in [0.15, 0.2) is 22.7 Å². The Labute approximate surface area is 126 Å². The molecule has 0 saturated carbocycles. The summed E-state index contributed by atoms with van der Waals surface area (Å²) >= 11 is 3.56. The van der Waals surface area contributed by atoms with Crippen molar-refractivity contribution in [1.29, 1.82) is 0 Å². The molecule has 1 aromatic carbocycles. The van der Waals surface area contributed by atoms with E-state index in [1.807, 2.05) is 0 Å². The molecular weight excluding hydrogens is 324 g/mol. The molecule has 3 nitrogen and oxygen atoms in total. The number of nitrogens with zero attached hydrogens (tertiary/aromatic N) is 1. The zero-order chi connectivity index (χ0) is 13.8. The highest BCUT2D eigenvalue weighted by Crippen LogP contribution is 2.30. The average Bonchev–Trinajstić information content (AvgIpc) is 2.39. The molecule has 2 rings (SSSR count). The minimum atomic E-state index is -0.630. The topological polar surface area (TPSA) is 32.3 Å². The maximum absolute atomic E-state index is 11.5. The van der Waals surface area contributed by atoms with Gasteiger partial charge in [-0.25, -0.2) is 0 Å². The number of hydrogen-bond donors (Lipinski definition) is 1. The van der Waals surface area contributed by atoms with E-state index in [1.54, 1.807) is 0 Å². The van der Waals surface area contributed by atoms with Crippen molar-refractivity contribution in [2.45, 2.75) is 19.9 Å². The Hall–Kier alpha value is -0.390.